The minimum Gasteiger partial charge on any atom is -0.298 e. The molecule has 19 heavy (non-hydrogen) atoms. The van der Waals surface area contributed by atoms with Crippen LogP contribution in [0.2, 0.25) is 0 Å². The molecule has 1 rings (SSSR count). The van der Waals surface area contributed by atoms with Crippen LogP contribution < -0.4 is 0 Å². The Labute approximate surface area is 115 Å². The van der Waals surface area contributed by atoms with Crippen molar-refractivity contribution in [2.24, 2.45) is 0 Å². The molecular weight excluding hydrogens is 234 g/mol. The van der Waals surface area contributed by atoms with E-state index in [2.05, 4.69) is 36.4 Å². The molecule has 0 aromatic carbocycles. The summed E-state index contributed by atoms with van der Waals surface area (Å²) in [5.74, 6) is 0.575. The second-order valence-corrected chi connectivity index (χ2v) is 4.49. The summed E-state index contributed by atoms with van der Waals surface area (Å²) in [5.41, 5.74) is 4.63. The highest BCUT2D eigenvalue weighted by molar-refractivity contribution is 5.77. The van der Waals surface area contributed by atoms with Crippen LogP contribution in [0.15, 0.2) is 54.6 Å². The maximum Gasteiger partial charge on any atom is 0.150 e. The van der Waals surface area contributed by atoms with Crippen LogP contribution in [-0.2, 0) is 4.79 Å². The fourth-order valence-electron chi connectivity index (χ4n) is 2.13. The second-order valence-electron chi connectivity index (χ2n) is 4.49. The molecular formula is C17H21NO. The number of hydrogen-bond donors (Lipinski definition) is 0. The van der Waals surface area contributed by atoms with Gasteiger partial charge in [-0.15, -0.1) is 5.73 Å². The number of nitrogens with zero attached hydrogens (tertiary/aromatic N) is 1. The molecule has 1 aromatic rings. The Bertz CT molecular complexity index is 455. The van der Waals surface area contributed by atoms with Crippen molar-refractivity contribution in [3.8, 4) is 0 Å². The van der Waals surface area contributed by atoms with Gasteiger partial charge < -0.3 is 0 Å². The van der Waals surface area contributed by atoms with Crippen molar-refractivity contribution in [3.05, 3.63) is 60.1 Å². The van der Waals surface area contributed by atoms with Crippen molar-refractivity contribution in [1.82, 2.24) is 4.98 Å². The highest BCUT2D eigenvalue weighted by Crippen LogP contribution is 2.24. The van der Waals surface area contributed by atoms with Crippen molar-refractivity contribution < 1.29 is 4.79 Å². The third kappa shape index (κ3) is 5.50. The molecule has 100 valence electrons. The van der Waals surface area contributed by atoms with Crippen molar-refractivity contribution in [3.63, 3.8) is 0 Å². The molecule has 0 amide bonds. The Kier molecular flexibility index (Phi) is 7.23. The van der Waals surface area contributed by atoms with Gasteiger partial charge in [-0.05, 0) is 55.4 Å². The van der Waals surface area contributed by atoms with Crippen LogP contribution in [0, 0.1) is 0 Å². The van der Waals surface area contributed by atoms with Crippen LogP contribution >= 0.6 is 0 Å². The molecule has 2 nitrogen and oxygen atoms in total. The average molecular weight is 255 g/mol. The Balaban J connectivity index is 2.47. The molecule has 0 aliphatic rings. The lowest BCUT2D eigenvalue weighted by Gasteiger charge is -2.14. The summed E-state index contributed by atoms with van der Waals surface area (Å²) in [6.45, 7) is 5.68. The van der Waals surface area contributed by atoms with E-state index in [4.69, 9.17) is 0 Å². The van der Waals surface area contributed by atoms with Crippen LogP contribution in [-0.4, -0.2) is 11.3 Å². The number of aromatic nitrogens is 1. The zero-order chi connectivity index (χ0) is 13.9. The van der Waals surface area contributed by atoms with Gasteiger partial charge in [0.05, 0.1) is 0 Å². The van der Waals surface area contributed by atoms with Gasteiger partial charge in [0.15, 0.2) is 0 Å². The molecule has 0 N–H and O–H groups in total. The molecule has 1 aromatic heterocycles. The Morgan fingerprint density at radius 2 is 2.21 bits per heavy atom. The molecule has 0 fully saturated rings. The van der Waals surface area contributed by atoms with Gasteiger partial charge in [0.2, 0.25) is 0 Å². The highest BCUT2D eigenvalue weighted by Gasteiger charge is 2.07. The molecule has 0 aliphatic carbocycles. The van der Waals surface area contributed by atoms with Crippen LogP contribution in [0.1, 0.15) is 44.1 Å². The minimum absolute atomic E-state index is 0.575. The molecule has 0 spiro atoms. The minimum atomic E-state index is 0.575. The first-order valence-electron chi connectivity index (χ1n) is 6.72. The van der Waals surface area contributed by atoms with Crippen molar-refractivity contribution in [1.29, 1.82) is 0 Å². The van der Waals surface area contributed by atoms with E-state index in [1.165, 1.54) is 5.56 Å². The van der Waals surface area contributed by atoms with Gasteiger partial charge in [0.25, 0.3) is 0 Å². The number of carbonyl (C=O) groups excluding carboxylic acids is 1. The first kappa shape index (κ1) is 15.1. The SMILES string of the molecule is C=C=CC(C=O)=CCCCC(CC)c1ccncc1. The van der Waals surface area contributed by atoms with Gasteiger partial charge >= 0.3 is 0 Å². The molecule has 1 atom stereocenters. The van der Waals surface area contributed by atoms with Crippen LogP contribution in [0.5, 0.6) is 0 Å². The lowest BCUT2D eigenvalue weighted by Crippen LogP contribution is -1.97. The number of pyridine rings is 1. The maximum atomic E-state index is 10.7. The molecule has 2 heteroatoms. The maximum absolute atomic E-state index is 10.7. The van der Waals surface area contributed by atoms with E-state index in [0.717, 1.165) is 32.0 Å². The summed E-state index contributed by atoms with van der Waals surface area (Å²) in [5, 5.41) is 0. The second kappa shape index (κ2) is 9.07. The van der Waals surface area contributed by atoms with Crippen LogP contribution in [0.3, 0.4) is 0 Å². The molecule has 0 aliphatic heterocycles. The van der Waals surface area contributed by atoms with E-state index < -0.39 is 0 Å². The summed E-state index contributed by atoms with van der Waals surface area (Å²) < 4.78 is 0. The van der Waals surface area contributed by atoms with E-state index in [9.17, 15) is 4.79 Å². The van der Waals surface area contributed by atoms with E-state index in [1.807, 2.05) is 18.5 Å². The van der Waals surface area contributed by atoms with Crippen LogP contribution in [0.4, 0.5) is 0 Å². The topological polar surface area (TPSA) is 30.0 Å². The third-order valence-corrected chi connectivity index (χ3v) is 3.21. The number of carbonyl (C=O) groups is 1. The first-order chi connectivity index (χ1) is 9.31. The number of rotatable bonds is 8. The van der Waals surface area contributed by atoms with Gasteiger partial charge in [0.1, 0.15) is 6.29 Å². The number of aldehydes is 1. The monoisotopic (exact) mass is 255 g/mol. The molecule has 1 heterocycles. The Hall–Kier alpha value is -1.92. The molecule has 1 unspecified atom stereocenters. The molecule has 0 radical (unpaired) electrons. The number of hydrogen-bond acceptors (Lipinski definition) is 2. The van der Waals surface area contributed by atoms with Gasteiger partial charge in [0, 0.05) is 18.0 Å². The molecule has 0 saturated carbocycles. The van der Waals surface area contributed by atoms with Gasteiger partial charge in [-0.3, -0.25) is 9.78 Å². The predicted octanol–water partition coefficient (Wildman–Crippen LogP) is 4.21. The molecule has 0 saturated heterocycles. The van der Waals surface area contributed by atoms with Gasteiger partial charge in [-0.2, -0.15) is 0 Å². The summed E-state index contributed by atoms with van der Waals surface area (Å²) in [6.07, 6.45) is 12.3. The summed E-state index contributed by atoms with van der Waals surface area (Å²) >= 11 is 0. The fourth-order valence-corrected chi connectivity index (χ4v) is 2.13. The van der Waals surface area contributed by atoms with Crippen molar-refractivity contribution in [2.45, 2.75) is 38.5 Å². The standard InChI is InChI=1S/C17H21NO/c1-3-7-15(14-19)8-5-6-9-16(4-2)17-10-12-18-13-11-17/h7-8,10-14,16H,1,4-6,9H2,2H3. The zero-order valence-corrected chi connectivity index (χ0v) is 11.5. The van der Waals surface area contributed by atoms with E-state index in [0.29, 0.717) is 11.5 Å². The fraction of sp³-hybridized carbons (Fsp3) is 0.353. The van der Waals surface area contributed by atoms with Gasteiger partial charge in [-0.1, -0.05) is 19.6 Å². The summed E-state index contributed by atoms with van der Waals surface area (Å²) in [4.78, 5) is 14.8. The Morgan fingerprint density at radius 1 is 1.47 bits per heavy atom. The first-order valence-corrected chi connectivity index (χ1v) is 6.72. The van der Waals surface area contributed by atoms with Crippen molar-refractivity contribution in [2.75, 3.05) is 0 Å². The predicted molar refractivity (Wildman–Crippen MR) is 79.0 cm³/mol. The number of unbranched alkanes of at least 4 members (excludes halogenated alkanes) is 1. The Morgan fingerprint density at radius 3 is 2.79 bits per heavy atom. The van der Waals surface area contributed by atoms with E-state index in [-0.39, 0.29) is 0 Å². The third-order valence-electron chi connectivity index (χ3n) is 3.21. The molecule has 0 bridgehead atoms. The quantitative estimate of drug-likeness (QED) is 0.229. The van der Waals surface area contributed by atoms with Crippen LogP contribution in [0.25, 0.3) is 0 Å². The smallest absolute Gasteiger partial charge is 0.150 e. The van der Waals surface area contributed by atoms with E-state index in [1.54, 1.807) is 6.08 Å². The highest BCUT2D eigenvalue weighted by atomic mass is 16.1. The zero-order valence-electron chi connectivity index (χ0n) is 11.5. The van der Waals surface area contributed by atoms with Gasteiger partial charge in [-0.25, -0.2) is 0 Å². The summed E-state index contributed by atoms with van der Waals surface area (Å²) in [6, 6.07) is 4.17. The largest absolute Gasteiger partial charge is 0.298 e. The number of allylic oxidation sites excluding steroid dienone is 3. The lowest BCUT2D eigenvalue weighted by atomic mass is 9.92. The summed E-state index contributed by atoms with van der Waals surface area (Å²) in [7, 11) is 0. The lowest BCUT2D eigenvalue weighted by molar-refractivity contribution is -0.104. The van der Waals surface area contributed by atoms with Crippen molar-refractivity contribution >= 4 is 6.29 Å². The normalized spacial score (nSPS) is 12.6. The van der Waals surface area contributed by atoms with E-state index >= 15 is 0 Å². The average Bonchev–Trinajstić information content (AvgIpc) is 2.47.